The number of carbonyl (C=O) groups excluding carboxylic acids is 1. The summed E-state index contributed by atoms with van der Waals surface area (Å²) in [5, 5.41) is 5.38. The Morgan fingerprint density at radius 3 is 3.05 bits per heavy atom. The number of likely N-dealkylation sites (tertiary alicyclic amines) is 1. The highest BCUT2D eigenvalue weighted by molar-refractivity contribution is 9.09. The molecule has 0 aromatic carbocycles. The minimum atomic E-state index is 0.157. The van der Waals surface area contributed by atoms with Crippen LogP contribution in [-0.2, 0) is 13.5 Å². The zero-order chi connectivity index (χ0) is 13.8. The van der Waals surface area contributed by atoms with Crippen molar-refractivity contribution in [1.82, 2.24) is 14.7 Å². The highest BCUT2D eigenvalue weighted by atomic mass is 79.9. The fourth-order valence-corrected chi connectivity index (χ4v) is 3.43. The van der Waals surface area contributed by atoms with E-state index in [1.54, 1.807) is 4.68 Å². The summed E-state index contributed by atoms with van der Waals surface area (Å²) in [5.74, 6) is 0.794. The van der Waals surface area contributed by atoms with Gasteiger partial charge < -0.3 is 4.90 Å². The maximum absolute atomic E-state index is 12.6. The van der Waals surface area contributed by atoms with Gasteiger partial charge in [0, 0.05) is 31.7 Å². The van der Waals surface area contributed by atoms with Crippen molar-refractivity contribution in [3.63, 3.8) is 0 Å². The van der Waals surface area contributed by atoms with Crippen LogP contribution in [-0.4, -0.2) is 39.0 Å². The van der Waals surface area contributed by atoms with Gasteiger partial charge in [-0.25, -0.2) is 0 Å². The van der Waals surface area contributed by atoms with Gasteiger partial charge in [0.15, 0.2) is 0 Å². The summed E-state index contributed by atoms with van der Waals surface area (Å²) in [4.78, 5) is 14.6. The molecule has 2 rings (SSSR count). The second-order valence-electron chi connectivity index (χ2n) is 5.25. The van der Waals surface area contributed by atoms with Crippen LogP contribution < -0.4 is 0 Å². The maximum Gasteiger partial charge on any atom is 0.257 e. The molecular weight excluding hydrogens is 306 g/mol. The van der Waals surface area contributed by atoms with Crippen LogP contribution in [0.3, 0.4) is 0 Å². The molecule has 0 spiro atoms. The number of hydrogen-bond acceptors (Lipinski definition) is 2. The summed E-state index contributed by atoms with van der Waals surface area (Å²) < 4.78 is 1.74. The molecule has 1 aliphatic rings. The van der Waals surface area contributed by atoms with Crippen LogP contribution in [0.15, 0.2) is 6.20 Å². The lowest BCUT2D eigenvalue weighted by Gasteiger charge is -2.32. The minimum Gasteiger partial charge on any atom is -0.338 e. The molecule has 0 saturated carbocycles. The van der Waals surface area contributed by atoms with E-state index in [0.717, 1.165) is 48.9 Å². The van der Waals surface area contributed by atoms with Crippen LogP contribution >= 0.6 is 15.9 Å². The largest absolute Gasteiger partial charge is 0.338 e. The molecule has 0 bridgehead atoms. The highest BCUT2D eigenvalue weighted by Crippen LogP contribution is 2.22. The third-order valence-electron chi connectivity index (χ3n) is 3.79. The van der Waals surface area contributed by atoms with Crippen molar-refractivity contribution >= 4 is 21.8 Å². The maximum atomic E-state index is 12.6. The number of alkyl halides is 1. The van der Waals surface area contributed by atoms with Gasteiger partial charge in [-0.05, 0) is 31.6 Å². The molecule has 19 heavy (non-hydrogen) atoms. The number of aromatic nitrogens is 2. The predicted molar refractivity (Wildman–Crippen MR) is 79.6 cm³/mol. The molecule has 0 aliphatic carbocycles. The van der Waals surface area contributed by atoms with Gasteiger partial charge in [0.25, 0.3) is 5.91 Å². The Labute approximate surface area is 123 Å². The van der Waals surface area contributed by atoms with Gasteiger partial charge in [-0.2, -0.15) is 5.10 Å². The Morgan fingerprint density at radius 2 is 2.37 bits per heavy atom. The molecule has 1 saturated heterocycles. The van der Waals surface area contributed by atoms with E-state index in [2.05, 4.69) is 21.0 Å². The number of nitrogens with zero attached hydrogens (tertiary/aromatic N) is 3. The van der Waals surface area contributed by atoms with E-state index in [9.17, 15) is 4.79 Å². The van der Waals surface area contributed by atoms with Crippen LogP contribution in [0.4, 0.5) is 0 Å². The first kappa shape index (κ1) is 14.6. The summed E-state index contributed by atoms with van der Waals surface area (Å²) in [7, 11) is 1.87. The number of carbonyl (C=O) groups is 1. The normalized spacial score (nSPS) is 19.7. The summed E-state index contributed by atoms with van der Waals surface area (Å²) in [5.41, 5.74) is 1.69. The van der Waals surface area contributed by atoms with E-state index in [0.29, 0.717) is 5.92 Å². The summed E-state index contributed by atoms with van der Waals surface area (Å²) in [6.07, 6.45) is 6.17. The molecule has 4 nitrogen and oxygen atoms in total. The van der Waals surface area contributed by atoms with E-state index in [1.807, 2.05) is 25.1 Å². The van der Waals surface area contributed by atoms with Crippen LogP contribution in [0.2, 0.25) is 0 Å². The average molecular weight is 328 g/mol. The lowest BCUT2D eigenvalue weighted by Crippen LogP contribution is -2.40. The van der Waals surface area contributed by atoms with Gasteiger partial charge in [-0.15, -0.1) is 0 Å². The molecule has 1 fully saturated rings. The SMILES string of the molecule is CCc1nn(C)cc1C(=O)N1CCCC(CCBr)C1. The second-order valence-corrected chi connectivity index (χ2v) is 6.05. The standard InChI is InChI=1S/C14H22BrN3O/c1-3-13-12(10-17(2)16-13)14(19)18-8-4-5-11(9-18)6-7-15/h10-11H,3-9H2,1-2H3. The van der Waals surface area contributed by atoms with E-state index in [1.165, 1.54) is 6.42 Å². The lowest BCUT2D eigenvalue weighted by molar-refractivity contribution is 0.0671. The first-order valence-corrected chi connectivity index (χ1v) is 8.15. The topological polar surface area (TPSA) is 38.1 Å². The molecule has 1 aromatic rings. The molecule has 1 amide bonds. The van der Waals surface area contributed by atoms with Crippen molar-refractivity contribution < 1.29 is 4.79 Å². The van der Waals surface area contributed by atoms with E-state index in [4.69, 9.17) is 0 Å². The van der Waals surface area contributed by atoms with Crippen molar-refractivity contribution in [3.05, 3.63) is 17.5 Å². The lowest BCUT2D eigenvalue weighted by atomic mass is 9.95. The number of hydrogen-bond donors (Lipinski definition) is 0. The minimum absolute atomic E-state index is 0.157. The van der Waals surface area contributed by atoms with E-state index >= 15 is 0 Å². The van der Waals surface area contributed by atoms with Gasteiger partial charge in [0.05, 0.1) is 11.3 Å². The molecule has 2 heterocycles. The average Bonchev–Trinajstić information content (AvgIpc) is 2.80. The Morgan fingerprint density at radius 1 is 1.58 bits per heavy atom. The van der Waals surface area contributed by atoms with Crippen LogP contribution in [0.1, 0.15) is 42.2 Å². The Hall–Kier alpha value is -0.840. The third-order valence-corrected chi connectivity index (χ3v) is 4.25. The Bertz CT molecular complexity index is 442. The monoisotopic (exact) mass is 327 g/mol. The predicted octanol–water partition coefficient (Wildman–Crippen LogP) is 2.62. The quantitative estimate of drug-likeness (QED) is 0.797. The number of halogens is 1. The zero-order valence-corrected chi connectivity index (χ0v) is 13.3. The van der Waals surface area contributed by atoms with Crippen LogP contribution in [0.25, 0.3) is 0 Å². The van der Waals surface area contributed by atoms with E-state index < -0.39 is 0 Å². The molecule has 1 atom stereocenters. The van der Waals surface area contributed by atoms with Gasteiger partial charge in [0.2, 0.25) is 0 Å². The fourth-order valence-electron chi connectivity index (χ4n) is 2.78. The van der Waals surface area contributed by atoms with Gasteiger partial charge in [-0.3, -0.25) is 9.48 Å². The molecular formula is C14H22BrN3O. The summed E-state index contributed by atoms with van der Waals surface area (Å²) in [6, 6.07) is 0. The van der Waals surface area contributed by atoms with Crippen molar-refractivity contribution in [2.24, 2.45) is 13.0 Å². The first-order chi connectivity index (χ1) is 9.15. The molecule has 106 valence electrons. The molecule has 1 aromatic heterocycles. The molecule has 0 N–H and O–H groups in total. The molecule has 0 radical (unpaired) electrons. The van der Waals surface area contributed by atoms with Gasteiger partial charge in [0.1, 0.15) is 0 Å². The number of piperidine rings is 1. The van der Waals surface area contributed by atoms with Gasteiger partial charge in [-0.1, -0.05) is 22.9 Å². The molecule has 5 heteroatoms. The third kappa shape index (κ3) is 3.38. The zero-order valence-electron chi connectivity index (χ0n) is 11.7. The smallest absolute Gasteiger partial charge is 0.257 e. The molecule has 1 unspecified atom stereocenters. The summed E-state index contributed by atoms with van der Waals surface area (Å²) >= 11 is 3.50. The van der Waals surface area contributed by atoms with Crippen molar-refractivity contribution in [3.8, 4) is 0 Å². The first-order valence-electron chi connectivity index (χ1n) is 7.03. The Kier molecular flexibility index (Phi) is 5.02. The van der Waals surface area contributed by atoms with Gasteiger partial charge >= 0.3 is 0 Å². The van der Waals surface area contributed by atoms with Crippen LogP contribution in [0.5, 0.6) is 0 Å². The number of amides is 1. The highest BCUT2D eigenvalue weighted by Gasteiger charge is 2.26. The second kappa shape index (κ2) is 6.55. The number of aryl methyl sites for hydroxylation is 2. The van der Waals surface area contributed by atoms with E-state index in [-0.39, 0.29) is 5.91 Å². The van der Waals surface area contributed by atoms with Crippen molar-refractivity contribution in [2.45, 2.75) is 32.6 Å². The van der Waals surface area contributed by atoms with Crippen molar-refractivity contribution in [1.29, 1.82) is 0 Å². The van der Waals surface area contributed by atoms with Crippen molar-refractivity contribution in [2.75, 3.05) is 18.4 Å². The molecule has 1 aliphatic heterocycles. The van der Waals surface area contributed by atoms with Crippen LogP contribution in [0, 0.1) is 5.92 Å². The fraction of sp³-hybridized carbons (Fsp3) is 0.714. The number of rotatable bonds is 4. The summed E-state index contributed by atoms with van der Waals surface area (Å²) in [6.45, 7) is 3.82. The Balaban J connectivity index is 2.10.